The molecule has 0 amide bonds. The lowest BCUT2D eigenvalue weighted by Crippen LogP contribution is -2.14. The van der Waals surface area contributed by atoms with Gasteiger partial charge in [0.2, 0.25) is 0 Å². The fourth-order valence-electron chi connectivity index (χ4n) is 1.10. The summed E-state index contributed by atoms with van der Waals surface area (Å²) in [6, 6.07) is -0.476. The van der Waals surface area contributed by atoms with Crippen molar-refractivity contribution >= 4 is 11.6 Å². The van der Waals surface area contributed by atoms with Gasteiger partial charge in [-0.3, -0.25) is 0 Å². The number of nitrogens with two attached hydrogens (primary N) is 1. The summed E-state index contributed by atoms with van der Waals surface area (Å²) in [6.07, 6.45) is 0. The molecule has 0 saturated carbocycles. The van der Waals surface area contributed by atoms with Crippen LogP contribution in [0.5, 0.6) is 0 Å². The Morgan fingerprint density at radius 2 is 2.17 bits per heavy atom. The molecule has 0 saturated heterocycles. The Morgan fingerprint density at radius 3 is 2.50 bits per heavy atom. The molecule has 0 aliphatic carbocycles. The molecule has 12 heavy (non-hydrogen) atoms. The largest absolute Gasteiger partial charge is 0.463 e. The van der Waals surface area contributed by atoms with Crippen LogP contribution in [-0.4, -0.2) is 11.7 Å². The molecule has 0 aliphatic rings. The summed E-state index contributed by atoms with van der Waals surface area (Å²) in [5, 5.41) is 9.38. The zero-order valence-electron chi connectivity index (χ0n) is 7.10. The Labute approximate surface area is 76.1 Å². The third-order valence-electron chi connectivity index (χ3n) is 1.80. The molecule has 1 rings (SSSR count). The van der Waals surface area contributed by atoms with Crippen LogP contribution in [0.1, 0.15) is 23.1 Å². The first-order valence-corrected chi connectivity index (χ1v) is 4.07. The zero-order valence-corrected chi connectivity index (χ0v) is 7.85. The number of aliphatic hydroxyl groups is 1. The highest BCUT2D eigenvalue weighted by Gasteiger charge is 2.17. The molecule has 1 heterocycles. The van der Waals surface area contributed by atoms with Crippen molar-refractivity contribution < 1.29 is 9.52 Å². The molecule has 1 aromatic rings. The van der Waals surface area contributed by atoms with Crippen molar-refractivity contribution in [1.82, 2.24) is 0 Å². The minimum atomic E-state index is -0.476. The fourth-order valence-corrected chi connectivity index (χ4v) is 1.23. The second kappa shape index (κ2) is 3.47. The summed E-state index contributed by atoms with van der Waals surface area (Å²) in [5.41, 5.74) is 6.39. The van der Waals surface area contributed by atoms with Gasteiger partial charge in [-0.1, -0.05) is 11.6 Å². The van der Waals surface area contributed by atoms with Crippen LogP contribution in [0.15, 0.2) is 4.42 Å². The molecule has 0 aliphatic heterocycles. The van der Waals surface area contributed by atoms with Crippen molar-refractivity contribution in [1.29, 1.82) is 0 Å². The molecule has 0 aromatic carbocycles. The van der Waals surface area contributed by atoms with E-state index in [1.54, 1.807) is 6.92 Å². The summed E-state index contributed by atoms with van der Waals surface area (Å²) in [4.78, 5) is 0. The fraction of sp³-hybridized carbons (Fsp3) is 0.500. The molecule has 1 unspecified atom stereocenters. The summed E-state index contributed by atoms with van der Waals surface area (Å²) in [7, 11) is 0. The van der Waals surface area contributed by atoms with E-state index in [-0.39, 0.29) is 6.61 Å². The van der Waals surface area contributed by atoms with Gasteiger partial charge >= 0.3 is 0 Å². The lowest BCUT2D eigenvalue weighted by molar-refractivity contribution is 0.250. The van der Waals surface area contributed by atoms with Crippen molar-refractivity contribution in [2.75, 3.05) is 6.61 Å². The maximum Gasteiger partial charge on any atom is 0.127 e. The van der Waals surface area contributed by atoms with Crippen molar-refractivity contribution in [3.05, 3.63) is 22.1 Å². The van der Waals surface area contributed by atoms with Crippen LogP contribution in [0.2, 0.25) is 5.02 Å². The quantitative estimate of drug-likeness (QED) is 0.742. The Bertz CT molecular complexity index is 283. The van der Waals surface area contributed by atoms with E-state index in [2.05, 4.69) is 0 Å². The third kappa shape index (κ3) is 1.48. The van der Waals surface area contributed by atoms with Crippen LogP contribution < -0.4 is 5.73 Å². The van der Waals surface area contributed by atoms with Crippen LogP contribution in [0.3, 0.4) is 0 Å². The van der Waals surface area contributed by atoms with Gasteiger partial charge in [-0.2, -0.15) is 0 Å². The molecule has 3 nitrogen and oxygen atoms in total. The molecule has 3 N–H and O–H groups in total. The molecule has 0 bridgehead atoms. The number of hydrogen-bond donors (Lipinski definition) is 2. The molecule has 0 radical (unpaired) electrons. The molecule has 1 atom stereocenters. The molecule has 1 aromatic heterocycles. The van der Waals surface area contributed by atoms with Crippen molar-refractivity contribution in [3.63, 3.8) is 0 Å². The van der Waals surface area contributed by atoms with Gasteiger partial charge in [0.1, 0.15) is 11.5 Å². The third-order valence-corrected chi connectivity index (χ3v) is 2.35. The minimum absolute atomic E-state index is 0.135. The Morgan fingerprint density at radius 1 is 1.58 bits per heavy atom. The van der Waals surface area contributed by atoms with Gasteiger partial charge in [-0.05, 0) is 13.8 Å². The normalized spacial score (nSPS) is 13.4. The van der Waals surface area contributed by atoms with Gasteiger partial charge in [0.15, 0.2) is 0 Å². The highest BCUT2D eigenvalue weighted by molar-refractivity contribution is 6.32. The smallest absolute Gasteiger partial charge is 0.127 e. The summed E-state index contributed by atoms with van der Waals surface area (Å²) in [6.45, 7) is 3.46. The first-order chi connectivity index (χ1) is 5.57. The summed E-state index contributed by atoms with van der Waals surface area (Å²) >= 11 is 5.87. The predicted octanol–water partition coefficient (Wildman–Crippen LogP) is 1.54. The van der Waals surface area contributed by atoms with E-state index < -0.39 is 6.04 Å². The number of aryl methyl sites for hydroxylation is 1. The molecular weight excluding hydrogens is 178 g/mol. The summed E-state index contributed by atoms with van der Waals surface area (Å²) in [5.74, 6) is 1.22. The van der Waals surface area contributed by atoms with Gasteiger partial charge in [0.05, 0.1) is 17.7 Å². The number of furan rings is 1. The van der Waals surface area contributed by atoms with E-state index >= 15 is 0 Å². The maximum atomic E-state index is 8.78. The first-order valence-electron chi connectivity index (χ1n) is 3.69. The average molecular weight is 190 g/mol. The lowest BCUT2D eigenvalue weighted by Gasteiger charge is -2.04. The standard InChI is InChI=1S/C8H12ClNO2/c1-4-7(9)5(2)12-8(4)6(10)3-11/h6,11H,3,10H2,1-2H3. The predicted molar refractivity (Wildman–Crippen MR) is 47.2 cm³/mol. The van der Waals surface area contributed by atoms with E-state index in [1.165, 1.54) is 0 Å². The van der Waals surface area contributed by atoms with Crippen molar-refractivity contribution in [3.8, 4) is 0 Å². The van der Waals surface area contributed by atoms with Gasteiger partial charge in [0.25, 0.3) is 0 Å². The Hall–Kier alpha value is -0.510. The van der Waals surface area contributed by atoms with E-state index in [0.29, 0.717) is 16.5 Å². The second-order valence-electron chi connectivity index (χ2n) is 2.75. The number of halogens is 1. The SMILES string of the molecule is Cc1oc(C(N)CO)c(C)c1Cl. The zero-order chi connectivity index (χ0) is 9.30. The van der Waals surface area contributed by atoms with Gasteiger partial charge in [0, 0.05) is 5.56 Å². The van der Waals surface area contributed by atoms with E-state index in [4.69, 9.17) is 26.9 Å². The second-order valence-corrected chi connectivity index (χ2v) is 3.13. The van der Waals surface area contributed by atoms with Crippen molar-refractivity contribution in [2.45, 2.75) is 19.9 Å². The van der Waals surface area contributed by atoms with Crippen LogP contribution in [0.4, 0.5) is 0 Å². The number of hydrogen-bond acceptors (Lipinski definition) is 3. The van der Waals surface area contributed by atoms with Crippen LogP contribution in [0, 0.1) is 13.8 Å². The molecule has 4 heteroatoms. The van der Waals surface area contributed by atoms with Gasteiger partial charge < -0.3 is 15.3 Å². The molecule has 0 spiro atoms. The van der Waals surface area contributed by atoms with Crippen LogP contribution in [0.25, 0.3) is 0 Å². The first kappa shape index (κ1) is 9.58. The van der Waals surface area contributed by atoms with Gasteiger partial charge in [-0.15, -0.1) is 0 Å². The maximum absolute atomic E-state index is 8.78. The Balaban J connectivity index is 3.08. The van der Waals surface area contributed by atoms with Crippen LogP contribution >= 0.6 is 11.6 Å². The Kier molecular flexibility index (Phi) is 2.77. The van der Waals surface area contributed by atoms with Gasteiger partial charge in [-0.25, -0.2) is 0 Å². The van der Waals surface area contributed by atoms with Crippen LogP contribution in [-0.2, 0) is 0 Å². The number of aliphatic hydroxyl groups excluding tert-OH is 1. The van der Waals surface area contributed by atoms with Crippen molar-refractivity contribution in [2.24, 2.45) is 5.73 Å². The molecule has 0 fully saturated rings. The number of rotatable bonds is 2. The highest BCUT2D eigenvalue weighted by atomic mass is 35.5. The minimum Gasteiger partial charge on any atom is -0.463 e. The highest BCUT2D eigenvalue weighted by Crippen LogP contribution is 2.29. The molecular formula is C8H12ClNO2. The monoisotopic (exact) mass is 189 g/mol. The van der Waals surface area contributed by atoms with E-state index in [0.717, 1.165) is 5.56 Å². The van der Waals surface area contributed by atoms with E-state index in [1.807, 2.05) is 6.92 Å². The van der Waals surface area contributed by atoms with E-state index in [9.17, 15) is 0 Å². The summed E-state index contributed by atoms with van der Waals surface area (Å²) < 4.78 is 5.28. The molecule has 68 valence electrons. The lowest BCUT2D eigenvalue weighted by atomic mass is 10.2. The average Bonchev–Trinajstić information content (AvgIpc) is 2.32. The topological polar surface area (TPSA) is 59.4 Å².